The summed E-state index contributed by atoms with van der Waals surface area (Å²) in [6, 6.07) is 3.55. The van der Waals surface area contributed by atoms with E-state index in [1.807, 2.05) is 18.3 Å². The zero-order valence-electron chi connectivity index (χ0n) is 11.7. The van der Waals surface area contributed by atoms with Crippen LogP contribution in [0.4, 0.5) is 5.82 Å². The smallest absolute Gasteiger partial charge is 0.246 e. The molecule has 1 saturated heterocycles. The predicted molar refractivity (Wildman–Crippen MR) is 75.7 cm³/mol. The third kappa shape index (κ3) is 2.20. The van der Waals surface area contributed by atoms with Crippen molar-refractivity contribution in [2.24, 2.45) is 0 Å². The summed E-state index contributed by atoms with van der Waals surface area (Å²) in [5.74, 6) is 0.909. The van der Waals surface area contributed by atoms with E-state index in [0.29, 0.717) is 6.54 Å². The van der Waals surface area contributed by atoms with Crippen LogP contribution in [0.25, 0.3) is 5.65 Å². The van der Waals surface area contributed by atoms with Crippen molar-refractivity contribution in [3.8, 4) is 0 Å². The Hall–Kier alpha value is -2.15. The van der Waals surface area contributed by atoms with Gasteiger partial charge in [0, 0.05) is 46.0 Å². The van der Waals surface area contributed by atoms with Gasteiger partial charge in [0.15, 0.2) is 5.65 Å². The number of nitrogens with one attached hydrogen (secondary N) is 1. The first-order chi connectivity index (χ1) is 9.66. The predicted octanol–water partition coefficient (Wildman–Crippen LogP) is -0.404. The van der Waals surface area contributed by atoms with E-state index >= 15 is 0 Å². The number of rotatable bonds is 2. The van der Waals surface area contributed by atoms with Crippen LogP contribution in [0.2, 0.25) is 0 Å². The molecule has 7 heteroatoms. The van der Waals surface area contributed by atoms with Gasteiger partial charge in [-0.2, -0.15) is 5.10 Å². The standard InChI is InChI=1S/C13H18N6O/c1-17(2)13(20)10-9-14-6-8-18(10)11-4-7-19-12(16-11)3-5-15-19/h3-5,7,10,14H,6,8-9H2,1-2H3. The van der Waals surface area contributed by atoms with Crippen LogP contribution in [-0.4, -0.2) is 65.2 Å². The Labute approximate surface area is 117 Å². The van der Waals surface area contributed by atoms with Gasteiger partial charge < -0.3 is 15.1 Å². The summed E-state index contributed by atoms with van der Waals surface area (Å²) >= 11 is 0. The van der Waals surface area contributed by atoms with E-state index in [4.69, 9.17) is 0 Å². The molecule has 0 radical (unpaired) electrons. The van der Waals surface area contributed by atoms with Crippen molar-refractivity contribution in [2.75, 3.05) is 38.6 Å². The van der Waals surface area contributed by atoms with E-state index in [1.54, 1.807) is 29.7 Å². The van der Waals surface area contributed by atoms with E-state index < -0.39 is 0 Å². The Morgan fingerprint density at radius 2 is 2.30 bits per heavy atom. The summed E-state index contributed by atoms with van der Waals surface area (Å²) < 4.78 is 1.72. The average Bonchev–Trinajstić information content (AvgIpc) is 2.93. The van der Waals surface area contributed by atoms with E-state index in [1.165, 1.54) is 0 Å². The molecule has 106 valence electrons. The molecule has 2 aromatic rings. The Kier molecular flexibility index (Phi) is 3.27. The van der Waals surface area contributed by atoms with Crippen LogP contribution in [0.5, 0.6) is 0 Å². The molecule has 1 atom stereocenters. The van der Waals surface area contributed by atoms with Crippen molar-refractivity contribution in [3.63, 3.8) is 0 Å². The molecular formula is C13H18N6O. The van der Waals surface area contributed by atoms with Gasteiger partial charge in [0.2, 0.25) is 5.91 Å². The number of hydrogen-bond donors (Lipinski definition) is 1. The van der Waals surface area contributed by atoms with E-state index in [-0.39, 0.29) is 11.9 Å². The normalized spacial score (nSPS) is 19.3. The molecular weight excluding hydrogens is 256 g/mol. The van der Waals surface area contributed by atoms with Gasteiger partial charge in [0.05, 0.1) is 6.20 Å². The molecule has 0 saturated carbocycles. The van der Waals surface area contributed by atoms with Crippen LogP contribution in [0.1, 0.15) is 0 Å². The summed E-state index contributed by atoms with van der Waals surface area (Å²) in [6.45, 7) is 2.26. The van der Waals surface area contributed by atoms with E-state index in [9.17, 15) is 4.79 Å². The fourth-order valence-corrected chi connectivity index (χ4v) is 2.46. The van der Waals surface area contributed by atoms with Crippen molar-refractivity contribution < 1.29 is 4.79 Å². The van der Waals surface area contributed by atoms with E-state index in [2.05, 4.69) is 20.3 Å². The zero-order chi connectivity index (χ0) is 14.1. The van der Waals surface area contributed by atoms with Crippen molar-refractivity contribution in [2.45, 2.75) is 6.04 Å². The average molecular weight is 274 g/mol. The van der Waals surface area contributed by atoms with Gasteiger partial charge in [-0.25, -0.2) is 9.50 Å². The molecule has 20 heavy (non-hydrogen) atoms. The largest absolute Gasteiger partial charge is 0.347 e. The van der Waals surface area contributed by atoms with Gasteiger partial charge in [-0.05, 0) is 6.07 Å². The Morgan fingerprint density at radius 3 is 3.10 bits per heavy atom. The minimum Gasteiger partial charge on any atom is -0.347 e. The van der Waals surface area contributed by atoms with Crippen molar-refractivity contribution in [3.05, 3.63) is 24.5 Å². The maximum atomic E-state index is 12.3. The second-order valence-electron chi connectivity index (χ2n) is 5.07. The molecule has 1 aliphatic heterocycles. The fourth-order valence-electron chi connectivity index (χ4n) is 2.46. The van der Waals surface area contributed by atoms with Crippen molar-refractivity contribution >= 4 is 17.4 Å². The highest BCUT2D eigenvalue weighted by Gasteiger charge is 2.30. The fraction of sp³-hybridized carbons (Fsp3) is 0.462. The summed E-state index contributed by atoms with van der Waals surface area (Å²) in [5, 5.41) is 7.40. The lowest BCUT2D eigenvalue weighted by Gasteiger charge is -2.37. The van der Waals surface area contributed by atoms with Gasteiger partial charge in [0.25, 0.3) is 0 Å². The number of anilines is 1. The highest BCUT2D eigenvalue weighted by molar-refractivity contribution is 5.85. The van der Waals surface area contributed by atoms with Gasteiger partial charge >= 0.3 is 0 Å². The third-order valence-electron chi connectivity index (χ3n) is 3.51. The first-order valence-electron chi connectivity index (χ1n) is 6.66. The van der Waals surface area contributed by atoms with Gasteiger partial charge in [0.1, 0.15) is 11.9 Å². The van der Waals surface area contributed by atoms with Gasteiger partial charge in [-0.1, -0.05) is 0 Å². The Morgan fingerprint density at radius 1 is 1.45 bits per heavy atom. The Balaban J connectivity index is 1.94. The van der Waals surface area contributed by atoms with Crippen molar-refractivity contribution in [1.82, 2.24) is 24.8 Å². The number of hydrogen-bond acceptors (Lipinski definition) is 5. The first-order valence-corrected chi connectivity index (χ1v) is 6.66. The number of nitrogens with zero attached hydrogens (tertiary/aromatic N) is 5. The molecule has 1 fully saturated rings. The number of amides is 1. The minimum atomic E-state index is -0.211. The number of piperazine rings is 1. The van der Waals surface area contributed by atoms with Crippen LogP contribution < -0.4 is 10.2 Å². The van der Waals surface area contributed by atoms with Gasteiger partial charge in [-0.3, -0.25) is 4.79 Å². The minimum absolute atomic E-state index is 0.0902. The molecule has 3 rings (SSSR count). The van der Waals surface area contributed by atoms with E-state index in [0.717, 1.165) is 24.6 Å². The number of fused-ring (bicyclic) bond motifs is 1. The molecule has 0 aromatic carbocycles. The maximum absolute atomic E-state index is 12.3. The van der Waals surface area contributed by atoms with Crippen LogP contribution in [-0.2, 0) is 4.79 Å². The second-order valence-corrected chi connectivity index (χ2v) is 5.07. The van der Waals surface area contributed by atoms with Crippen LogP contribution in [0.15, 0.2) is 24.5 Å². The maximum Gasteiger partial charge on any atom is 0.246 e. The molecule has 0 aliphatic carbocycles. The monoisotopic (exact) mass is 274 g/mol. The number of carbonyl (C=O) groups is 1. The van der Waals surface area contributed by atoms with Crippen LogP contribution in [0.3, 0.4) is 0 Å². The highest BCUT2D eigenvalue weighted by Crippen LogP contribution is 2.17. The lowest BCUT2D eigenvalue weighted by atomic mass is 10.1. The van der Waals surface area contributed by atoms with Gasteiger partial charge in [-0.15, -0.1) is 0 Å². The molecule has 1 amide bonds. The second kappa shape index (κ2) is 5.09. The molecule has 0 bridgehead atoms. The quantitative estimate of drug-likeness (QED) is 0.807. The first kappa shape index (κ1) is 12.9. The summed E-state index contributed by atoms with van der Waals surface area (Å²) in [7, 11) is 3.56. The molecule has 1 unspecified atom stereocenters. The molecule has 1 N–H and O–H groups in total. The molecule has 1 aliphatic rings. The summed E-state index contributed by atoms with van der Waals surface area (Å²) in [6.07, 6.45) is 3.59. The molecule has 2 aromatic heterocycles. The summed E-state index contributed by atoms with van der Waals surface area (Å²) in [5.41, 5.74) is 0.789. The number of aromatic nitrogens is 3. The highest BCUT2D eigenvalue weighted by atomic mass is 16.2. The topological polar surface area (TPSA) is 65.8 Å². The lowest BCUT2D eigenvalue weighted by Crippen LogP contribution is -2.58. The lowest BCUT2D eigenvalue weighted by molar-refractivity contribution is -0.130. The molecule has 3 heterocycles. The molecule has 0 spiro atoms. The zero-order valence-corrected chi connectivity index (χ0v) is 11.7. The number of likely N-dealkylation sites (N-methyl/N-ethyl adjacent to an activating group) is 1. The Bertz CT molecular complexity index is 622. The van der Waals surface area contributed by atoms with Crippen LogP contribution >= 0.6 is 0 Å². The summed E-state index contributed by atoms with van der Waals surface area (Å²) in [4.78, 5) is 20.6. The number of carbonyl (C=O) groups excluding carboxylic acids is 1. The van der Waals surface area contributed by atoms with Crippen LogP contribution in [0, 0.1) is 0 Å². The van der Waals surface area contributed by atoms with Crippen molar-refractivity contribution in [1.29, 1.82) is 0 Å². The molecule has 7 nitrogen and oxygen atoms in total. The third-order valence-corrected chi connectivity index (χ3v) is 3.51. The SMILES string of the molecule is CN(C)C(=O)C1CNCCN1c1ccn2nccc2n1.